The topological polar surface area (TPSA) is 125 Å². The maximum atomic E-state index is 13.0. The van der Waals surface area contributed by atoms with Crippen LogP contribution < -0.4 is 10.1 Å². The standard InChI is InChI=1S/C25H22N2O7/c1-33-21-13-9-19(10-14-21)26-22(28)15-16-23(29)34-25(24(30)17-5-3-2-4-6-17)18-7-11-20(12-8-18)27(31)32/h2-14,25H,15-16H2,1H3,(H,26,28)/t25-/m0/s1. The summed E-state index contributed by atoms with van der Waals surface area (Å²) in [6, 6.07) is 20.2. The SMILES string of the molecule is COc1ccc(NC(=O)CCC(=O)O[C@H](C(=O)c2ccccc2)c2ccc([N+](=O)[O-])cc2)cc1. The number of Topliss-reactive ketones (excluding diaryl/α,β-unsaturated/α-hetero) is 1. The molecule has 9 heteroatoms. The Kier molecular flexibility index (Phi) is 8.07. The molecule has 0 aliphatic rings. The average Bonchev–Trinajstić information content (AvgIpc) is 2.86. The summed E-state index contributed by atoms with van der Waals surface area (Å²) in [7, 11) is 1.53. The van der Waals surface area contributed by atoms with Crippen LogP contribution in [0.3, 0.4) is 0 Å². The van der Waals surface area contributed by atoms with Crippen LogP contribution in [0.5, 0.6) is 5.75 Å². The van der Waals surface area contributed by atoms with Gasteiger partial charge in [-0.2, -0.15) is 0 Å². The highest BCUT2D eigenvalue weighted by molar-refractivity contribution is 6.01. The average molecular weight is 462 g/mol. The molecule has 0 bridgehead atoms. The fraction of sp³-hybridized carbons (Fsp3) is 0.160. The summed E-state index contributed by atoms with van der Waals surface area (Å²) in [6.07, 6.45) is -1.72. The van der Waals surface area contributed by atoms with Gasteiger partial charge in [0.25, 0.3) is 5.69 Å². The summed E-state index contributed by atoms with van der Waals surface area (Å²) in [5.74, 6) is -0.992. The van der Waals surface area contributed by atoms with Gasteiger partial charge in [-0.25, -0.2) is 0 Å². The van der Waals surface area contributed by atoms with Gasteiger partial charge in [0.15, 0.2) is 6.10 Å². The van der Waals surface area contributed by atoms with Crippen molar-refractivity contribution >= 4 is 29.0 Å². The summed E-state index contributed by atoms with van der Waals surface area (Å²) in [5.41, 5.74) is 0.991. The molecule has 1 N–H and O–H groups in total. The van der Waals surface area contributed by atoms with Crippen molar-refractivity contribution in [2.24, 2.45) is 0 Å². The predicted molar refractivity (Wildman–Crippen MR) is 124 cm³/mol. The van der Waals surface area contributed by atoms with Gasteiger partial charge in [0, 0.05) is 35.4 Å². The van der Waals surface area contributed by atoms with Gasteiger partial charge < -0.3 is 14.8 Å². The second-order valence-corrected chi connectivity index (χ2v) is 7.23. The van der Waals surface area contributed by atoms with Crippen molar-refractivity contribution in [2.45, 2.75) is 18.9 Å². The Morgan fingerprint density at radius 3 is 2.15 bits per heavy atom. The predicted octanol–water partition coefficient (Wildman–Crippen LogP) is 4.49. The van der Waals surface area contributed by atoms with Crippen molar-refractivity contribution in [3.8, 4) is 5.75 Å². The molecule has 0 aliphatic carbocycles. The first-order valence-electron chi connectivity index (χ1n) is 10.3. The number of carbonyl (C=O) groups is 3. The van der Waals surface area contributed by atoms with E-state index in [1.165, 1.54) is 31.4 Å². The summed E-state index contributed by atoms with van der Waals surface area (Å²) in [4.78, 5) is 48.1. The van der Waals surface area contributed by atoms with E-state index in [1.54, 1.807) is 54.6 Å². The van der Waals surface area contributed by atoms with E-state index in [0.29, 0.717) is 17.0 Å². The van der Waals surface area contributed by atoms with E-state index in [9.17, 15) is 24.5 Å². The molecule has 174 valence electrons. The molecule has 0 aliphatic heterocycles. The summed E-state index contributed by atoms with van der Waals surface area (Å²) in [5, 5.41) is 13.6. The van der Waals surface area contributed by atoms with E-state index in [4.69, 9.17) is 9.47 Å². The molecule has 1 atom stereocenters. The summed E-state index contributed by atoms with van der Waals surface area (Å²) in [6.45, 7) is 0. The highest BCUT2D eigenvalue weighted by Gasteiger charge is 2.27. The van der Waals surface area contributed by atoms with Gasteiger partial charge in [0.2, 0.25) is 11.7 Å². The first kappa shape index (κ1) is 24.1. The number of ether oxygens (including phenoxy) is 2. The molecule has 0 heterocycles. The number of nitrogens with one attached hydrogen (secondary N) is 1. The number of anilines is 1. The second kappa shape index (κ2) is 11.4. The number of methoxy groups -OCH3 is 1. The zero-order chi connectivity index (χ0) is 24.5. The smallest absolute Gasteiger partial charge is 0.307 e. The maximum absolute atomic E-state index is 13.0. The van der Waals surface area contributed by atoms with Gasteiger partial charge in [-0.05, 0) is 36.4 Å². The number of ketones is 1. The number of hydrogen-bond donors (Lipinski definition) is 1. The van der Waals surface area contributed by atoms with Crippen LogP contribution in [0.25, 0.3) is 0 Å². The van der Waals surface area contributed by atoms with E-state index in [0.717, 1.165) is 0 Å². The maximum Gasteiger partial charge on any atom is 0.307 e. The van der Waals surface area contributed by atoms with E-state index in [1.807, 2.05) is 0 Å². The van der Waals surface area contributed by atoms with Crippen LogP contribution >= 0.6 is 0 Å². The quantitative estimate of drug-likeness (QED) is 0.204. The van der Waals surface area contributed by atoms with E-state index in [-0.39, 0.29) is 24.1 Å². The Hall–Kier alpha value is -4.53. The second-order valence-electron chi connectivity index (χ2n) is 7.23. The molecule has 0 aromatic heterocycles. The zero-order valence-corrected chi connectivity index (χ0v) is 18.3. The van der Waals surface area contributed by atoms with Crippen molar-refractivity contribution < 1.29 is 28.8 Å². The first-order valence-corrected chi connectivity index (χ1v) is 10.3. The lowest BCUT2D eigenvalue weighted by molar-refractivity contribution is -0.384. The van der Waals surface area contributed by atoms with Gasteiger partial charge in [-0.15, -0.1) is 0 Å². The van der Waals surface area contributed by atoms with Crippen molar-refractivity contribution in [1.29, 1.82) is 0 Å². The number of nitro groups is 1. The zero-order valence-electron chi connectivity index (χ0n) is 18.3. The van der Waals surface area contributed by atoms with Crippen LogP contribution in [0.2, 0.25) is 0 Å². The molecule has 0 radical (unpaired) electrons. The largest absolute Gasteiger partial charge is 0.497 e. The lowest BCUT2D eigenvalue weighted by Crippen LogP contribution is -2.21. The Labute approximate surface area is 195 Å². The number of carbonyl (C=O) groups excluding carboxylic acids is 3. The van der Waals surface area contributed by atoms with Crippen LogP contribution in [0.1, 0.15) is 34.9 Å². The fourth-order valence-electron chi connectivity index (χ4n) is 3.10. The fourth-order valence-corrected chi connectivity index (χ4v) is 3.10. The molecule has 0 fully saturated rings. The molecule has 3 aromatic carbocycles. The third-order valence-corrected chi connectivity index (χ3v) is 4.88. The molecule has 0 unspecified atom stereocenters. The molecule has 9 nitrogen and oxygen atoms in total. The molecule has 1 amide bonds. The van der Waals surface area contributed by atoms with Crippen molar-refractivity contribution in [2.75, 3.05) is 12.4 Å². The number of non-ortho nitro benzene ring substituents is 1. The Morgan fingerprint density at radius 1 is 0.912 bits per heavy atom. The molecular formula is C25H22N2O7. The molecule has 0 spiro atoms. The first-order chi connectivity index (χ1) is 16.4. The number of amides is 1. The van der Waals surface area contributed by atoms with Gasteiger partial charge in [-0.3, -0.25) is 24.5 Å². The Balaban J connectivity index is 1.67. The van der Waals surface area contributed by atoms with Gasteiger partial charge >= 0.3 is 5.97 Å². The van der Waals surface area contributed by atoms with Crippen LogP contribution in [-0.2, 0) is 14.3 Å². The molecule has 3 aromatic rings. The van der Waals surface area contributed by atoms with Crippen molar-refractivity contribution in [3.63, 3.8) is 0 Å². The Morgan fingerprint density at radius 2 is 1.56 bits per heavy atom. The lowest BCUT2D eigenvalue weighted by atomic mass is 9.99. The molecular weight excluding hydrogens is 440 g/mol. The lowest BCUT2D eigenvalue weighted by Gasteiger charge is -2.17. The number of benzene rings is 3. The molecule has 0 saturated heterocycles. The van der Waals surface area contributed by atoms with E-state index in [2.05, 4.69) is 5.32 Å². The highest BCUT2D eigenvalue weighted by Crippen LogP contribution is 2.25. The normalized spacial score (nSPS) is 11.2. The minimum Gasteiger partial charge on any atom is -0.497 e. The van der Waals surface area contributed by atoms with Gasteiger partial charge in [0.1, 0.15) is 5.75 Å². The van der Waals surface area contributed by atoms with E-state index >= 15 is 0 Å². The summed E-state index contributed by atoms with van der Waals surface area (Å²) < 4.78 is 10.5. The molecule has 0 saturated carbocycles. The molecule has 34 heavy (non-hydrogen) atoms. The third-order valence-electron chi connectivity index (χ3n) is 4.88. The van der Waals surface area contributed by atoms with Crippen molar-refractivity contribution in [1.82, 2.24) is 0 Å². The third kappa shape index (κ3) is 6.49. The number of hydrogen-bond acceptors (Lipinski definition) is 7. The van der Waals surface area contributed by atoms with Crippen LogP contribution in [0.15, 0.2) is 78.9 Å². The minimum absolute atomic E-state index is 0.155. The van der Waals surface area contributed by atoms with Gasteiger partial charge in [-0.1, -0.05) is 30.3 Å². The minimum atomic E-state index is -1.31. The van der Waals surface area contributed by atoms with Crippen LogP contribution in [0.4, 0.5) is 11.4 Å². The van der Waals surface area contributed by atoms with Crippen LogP contribution in [-0.4, -0.2) is 29.7 Å². The molecule has 3 rings (SSSR count). The number of rotatable bonds is 10. The number of esters is 1. The number of nitro benzene ring substituents is 1. The monoisotopic (exact) mass is 462 g/mol. The highest BCUT2D eigenvalue weighted by atomic mass is 16.6. The summed E-state index contributed by atoms with van der Waals surface area (Å²) >= 11 is 0. The van der Waals surface area contributed by atoms with E-state index < -0.39 is 28.7 Å². The Bertz CT molecular complexity index is 1160. The van der Waals surface area contributed by atoms with Crippen LogP contribution in [0, 0.1) is 10.1 Å². The van der Waals surface area contributed by atoms with Gasteiger partial charge in [0.05, 0.1) is 18.5 Å². The van der Waals surface area contributed by atoms with Crippen molar-refractivity contribution in [3.05, 3.63) is 100 Å². The number of nitrogens with zero attached hydrogens (tertiary/aromatic N) is 1.